The number of benzene rings is 1. The molecule has 0 saturated heterocycles. The van der Waals surface area contributed by atoms with Crippen molar-refractivity contribution in [2.24, 2.45) is 5.92 Å². The Hall–Kier alpha value is -2.37. The molecule has 1 aliphatic carbocycles. The molecule has 1 fully saturated rings. The van der Waals surface area contributed by atoms with Crippen molar-refractivity contribution >= 4 is 17.8 Å². The lowest BCUT2D eigenvalue weighted by Gasteiger charge is -2.20. The Morgan fingerprint density at radius 1 is 1.04 bits per heavy atom. The number of amides is 2. The Bertz CT molecular complexity index is 577. The van der Waals surface area contributed by atoms with Gasteiger partial charge in [0, 0.05) is 12.5 Å². The van der Waals surface area contributed by atoms with Crippen LogP contribution in [-0.4, -0.2) is 31.4 Å². The van der Waals surface area contributed by atoms with Crippen LogP contribution in [0.25, 0.3) is 0 Å². The van der Waals surface area contributed by atoms with Crippen molar-refractivity contribution in [1.82, 2.24) is 10.6 Å². The molecule has 0 bridgehead atoms. The molecule has 1 aliphatic rings. The van der Waals surface area contributed by atoms with Gasteiger partial charge in [0.1, 0.15) is 0 Å². The van der Waals surface area contributed by atoms with E-state index in [9.17, 15) is 14.4 Å². The number of esters is 1. The summed E-state index contributed by atoms with van der Waals surface area (Å²) in [6.45, 7) is 0.342. The molecule has 1 aromatic rings. The zero-order valence-corrected chi connectivity index (χ0v) is 14.0. The van der Waals surface area contributed by atoms with Crippen LogP contribution in [0.1, 0.15) is 48.0 Å². The normalized spacial score (nSPS) is 14.7. The van der Waals surface area contributed by atoms with E-state index >= 15 is 0 Å². The zero-order valence-electron chi connectivity index (χ0n) is 14.0. The van der Waals surface area contributed by atoms with Crippen LogP contribution in [0.5, 0.6) is 0 Å². The maximum absolute atomic E-state index is 12.0. The van der Waals surface area contributed by atoms with Crippen LogP contribution < -0.4 is 10.6 Å². The minimum absolute atomic E-state index is 0.00439. The van der Waals surface area contributed by atoms with Crippen molar-refractivity contribution in [3.05, 3.63) is 35.4 Å². The Morgan fingerprint density at radius 3 is 2.33 bits per heavy atom. The van der Waals surface area contributed by atoms with Crippen LogP contribution >= 0.6 is 0 Å². The summed E-state index contributed by atoms with van der Waals surface area (Å²) in [5, 5.41) is 5.46. The first-order valence-electron chi connectivity index (χ1n) is 8.32. The van der Waals surface area contributed by atoms with Crippen molar-refractivity contribution in [2.75, 3.05) is 13.7 Å². The SMILES string of the molecule is COC(=O)c1ccc(CNC(=O)CNC(=O)C2CCCCC2)cc1. The van der Waals surface area contributed by atoms with Crippen LogP contribution in [0.4, 0.5) is 0 Å². The second kappa shape index (κ2) is 9.05. The maximum Gasteiger partial charge on any atom is 0.337 e. The predicted octanol–water partition coefficient (Wildman–Crippen LogP) is 1.79. The summed E-state index contributed by atoms with van der Waals surface area (Å²) in [6.07, 6.45) is 5.21. The van der Waals surface area contributed by atoms with Gasteiger partial charge in [-0.3, -0.25) is 9.59 Å². The van der Waals surface area contributed by atoms with E-state index in [1.54, 1.807) is 24.3 Å². The highest BCUT2D eigenvalue weighted by Gasteiger charge is 2.21. The monoisotopic (exact) mass is 332 g/mol. The molecule has 1 saturated carbocycles. The van der Waals surface area contributed by atoms with E-state index < -0.39 is 5.97 Å². The van der Waals surface area contributed by atoms with Gasteiger partial charge < -0.3 is 15.4 Å². The molecule has 2 N–H and O–H groups in total. The minimum atomic E-state index is -0.393. The molecule has 0 atom stereocenters. The van der Waals surface area contributed by atoms with Crippen molar-refractivity contribution in [3.63, 3.8) is 0 Å². The van der Waals surface area contributed by atoms with E-state index in [-0.39, 0.29) is 24.3 Å². The smallest absolute Gasteiger partial charge is 0.337 e. The molecule has 2 rings (SSSR count). The number of hydrogen-bond acceptors (Lipinski definition) is 4. The minimum Gasteiger partial charge on any atom is -0.465 e. The summed E-state index contributed by atoms with van der Waals surface area (Å²) in [5.74, 6) is -0.586. The molecule has 2 amide bonds. The quantitative estimate of drug-likeness (QED) is 0.778. The van der Waals surface area contributed by atoms with Gasteiger partial charge in [-0.15, -0.1) is 0 Å². The average molecular weight is 332 g/mol. The van der Waals surface area contributed by atoms with Gasteiger partial charge in [-0.1, -0.05) is 31.4 Å². The van der Waals surface area contributed by atoms with Crippen molar-refractivity contribution in [1.29, 1.82) is 0 Å². The lowest BCUT2D eigenvalue weighted by molar-refractivity contribution is -0.129. The van der Waals surface area contributed by atoms with Crippen molar-refractivity contribution in [2.45, 2.75) is 38.6 Å². The van der Waals surface area contributed by atoms with Gasteiger partial charge in [0.05, 0.1) is 19.2 Å². The number of nitrogens with one attached hydrogen (secondary N) is 2. The predicted molar refractivity (Wildman–Crippen MR) is 89.2 cm³/mol. The van der Waals surface area contributed by atoms with E-state index in [4.69, 9.17) is 0 Å². The molecule has 0 aromatic heterocycles. The van der Waals surface area contributed by atoms with E-state index in [1.807, 2.05) is 0 Å². The molecule has 6 nitrogen and oxygen atoms in total. The van der Waals surface area contributed by atoms with Crippen LogP contribution in [0.15, 0.2) is 24.3 Å². The molecular formula is C18H24N2O4. The van der Waals surface area contributed by atoms with E-state index in [0.29, 0.717) is 12.1 Å². The molecule has 6 heteroatoms. The van der Waals surface area contributed by atoms with E-state index in [1.165, 1.54) is 13.5 Å². The third-order valence-electron chi connectivity index (χ3n) is 4.26. The fourth-order valence-corrected chi connectivity index (χ4v) is 2.82. The molecule has 0 aliphatic heterocycles. The molecule has 0 heterocycles. The first kappa shape index (κ1) is 18.0. The highest BCUT2D eigenvalue weighted by Crippen LogP contribution is 2.23. The molecule has 0 unspecified atom stereocenters. The lowest BCUT2D eigenvalue weighted by atomic mass is 9.89. The molecule has 0 radical (unpaired) electrons. The van der Waals surface area contributed by atoms with E-state index in [2.05, 4.69) is 15.4 Å². The van der Waals surface area contributed by atoms with Gasteiger partial charge in [0.25, 0.3) is 0 Å². The van der Waals surface area contributed by atoms with Crippen LogP contribution in [-0.2, 0) is 20.9 Å². The number of carbonyl (C=O) groups is 3. The highest BCUT2D eigenvalue weighted by atomic mass is 16.5. The summed E-state index contributed by atoms with van der Waals surface area (Å²) in [7, 11) is 1.33. The summed E-state index contributed by atoms with van der Waals surface area (Å²) in [5.41, 5.74) is 1.34. The average Bonchev–Trinajstić information content (AvgIpc) is 2.64. The zero-order chi connectivity index (χ0) is 17.4. The maximum atomic E-state index is 12.0. The number of ether oxygens (including phenoxy) is 1. The van der Waals surface area contributed by atoms with Gasteiger partial charge in [-0.2, -0.15) is 0 Å². The Kier molecular flexibility index (Phi) is 6.78. The summed E-state index contributed by atoms with van der Waals surface area (Å²) in [6, 6.07) is 6.82. The van der Waals surface area contributed by atoms with E-state index in [0.717, 1.165) is 31.2 Å². The first-order valence-corrected chi connectivity index (χ1v) is 8.32. The number of carbonyl (C=O) groups excluding carboxylic acids is 3. The number of rotatable bonds is 6. The molecule has 0 spiro atoms. The molecule has 130 valence electrons. The molecule has 1 aromatic carbocycles. The van der Waals surface area contributed by atoms with Crippen LogP contribution in [0, 0.1) is 5.92 Å². The second-order valence-electron chi connectivity index (χ2n) is 6.02. The summed E-state index contributed by atoms with van der Waals surface area (Å²) >= 11 is 0. The topological polar surface area (TPSA) is 84.5 Å². The van der Waals surface area contributed by atoms with Crippen LogP contribution in [0.2, 0.25) is 0 Å². The number of hydrogen-bond donors (Lipinski definition) is 2. The summed E-state index contributed by atoms with van der Waals surface area (Å²) < 4.78 is 4.63. The molecular weight excluding hydrogens is 308 g/mol. The summed E-state index contributed by atoms with van der Waals surface area (Å²) in [4.78, 5) is 35.1. The van der Waals surface area contributed by atoms with Gasteiger partial charge in [-0.25, -0.2) is 4.79 Å². The van der Waals surface area contributed by atoms with Crippen molar-refractivity contribution < 1.29 is 19.1 Å². The Morgan fingerprint density at radius 2 is 1.71 bits per heavy atom. The second-order valence-corrected chi connectivity index (χ2v) is 6.02. The van der Waals surface area contributed by atoms with Crippen molar-refractivity contribution in [3.8, 4) is 0 Å². The first-order chi connectivity index (χ1) is 11.6. The fraction of sp³-hybridized carbons (Fsp3) is 0.500. The largest absolute Gasteiger partial charge is 0.465 e. The lowest BCUT2D eigenvalue weighted by Crippen LogP contribution is -2.39. The highest BCUT2D eigenvalue weighted by molar-refractivity contribution is 5.89. The van der Waals surface area contributed by atoms with Crippen LogP contribution in [0.3, 0.4) is 0 Å². The van der Waals surface area contributed by atoms with Gasteiger partial charge in [0.15, 0.2) is 0 Å². The Balaban J connectivity index is 1.70. The van der Waals surface area contributed by atoms with Gasteiger partial charge in [-0.05, 0) is 30.5 Å². The number of methoxy groups -OCH3 is 1. The third-order valence-corrected chi connectivity index (χ3v) is 4.26. The molecule has 24 heavy (non-hydrogen) atoms. The van der Waals surface area contributed by atoms with Gasteiger partial charge in [0.2, 0.25) is 11.8 Å². The Labute approximate surface area is 142 Å². The van der Waals surface area contributed by atoms with Gasteiger partial charge >= 0.3 is 5.97 Å². The fourth-order valence-electron chi connectivity index (χ4n) is 2.82. The standard InChI is InChI=1S/C18H24N2O4/c1-24-18(23)15-9-7-13(8-10-15)11-19-16(21)12-20-17(22)14-5-3-2-4-6-14/h7-10,14H,2-6,11-12H2,1H3,(H,19,21)(H,20,22). The third kappa shape index (κ3) is 5.37.